The second-order valence-electron chi connectivity index (χ2n) is 8.11. The zero-order valence-electron chi connectivity index (χ0n) is 20.9. The molecule has 0 spiro atoms. The number of amides is 2. The summed E-state index contributed by atoms with van der Waals surface area (Å²) < 4.78 is 20.8. The number of anilines is 1. The van der Waals surface area contributed by atoms with Crippen LogP contribution in [0.2, 0.25) is 0 Å². The fourth-order valence-corrected chi connectivity index (χ4v) is 5.12. The van der Waals surface area contributed by atoms with E-state index in [2.05, 4.69) is 15.8 Å². The minimum atomic E-state index is -1.01. The highest BCUT2D eigenvalue weighted by molar-refractivity contribution is 7.17. The van der Waals surface area contributed by atoms with Crippen molar-refractivity contribution in [1.82, 2.24) is 5.43 Å². The van der Waals surface area contributed by atoms with Gasteiger partial charge in [0.15, 0.2) is 11.5 Å². The van der Waals surface area contributed by atoms with E-state index in [-0.39, 0.29) is 23.9 Å². The molecule has 0 unspecified atom stereocenters. The maximum Gasteiger partial charge on any atom is 0.379 e. The van der Waals surface area contributed by atoms with Crippen LogP contribution in [0.4, 0.5) is 5.00 Å². The molecule has 1 aromatic carbocycles. The smallest absolute Gasteiger partial charge is 0.379 e. The summed E-state index contributed by atoms with van der Waals surface area (Å²) in [6.45, 7) is 3.51. The molecule has 11 nitrogen and oxygen atoms in total. The third-order valence-corrected chi connectivity index (χ3v) is 6.87. The van der Waals surface area contributed by atoms with Crippen LogP contribution in [-0.4, -0.2) is 43.2 Å². The van der Waals surface area contributed by atoms with Crippen molar-refractivity contribution < 1.29 is 37.8 Å². The predicted molar refractivity (Wildman–Crippen MR) is 138 cm³/mol. The minimum absolute atomic E-state index is 0.0383. The largest absolute Gasteiger partial charge is 0.493 e. The van der Waals surface area contributed by atoms with Crippen molar-refractivity contribution >= 4 is 45.8 Å². The lowest BCUT2D eigenvalue weighted by Crippen LogP contribution is -2.33. The van der Waals surface area contributed by atoms with Crippen molar-refractivity contribution in [3.63, 3.8) is 0 Å². The molecular formula is C26H25N3O8S. The highest BCUT2D eigenvalue weighted by atomic mass is 32.1. The van der Waals surface area contributed by atoms with Crippen molar-refractivity contribution in [2.24, 2.45) is 5.10 Å². The quantitative estimate of drug-likeness (QED) is 0.145. The van der Waals surface area contributed by atoms with Gasteiger partial charge in [-0.2, -0.15) is 5.10 Å². The van der Waals surface area contributed by atoms with Crippen LogP contribution in [0.3, 0.4) is 0 Å². The van der Waals surface area contributed by atoms with Crippen LogP contribution in [0.15, 0.2) is 46.1 Å². The third-order valence-electron chi connectivity index (χ3n) is 5.67. The number of aryl methyl sites for hydroxylation is 1. The Balaban J connectivity index is 1.42. The molecule has 0 fully saturated rings. The number of carbonyl (C=O) groups is 4. The molecule has 0 radical (unpaired) electrons. The number of hydrazone groups is 1. The van der Waals surface area contributed by atoms with E-state index in [1.807, 2.05) is 0 Å². The maximum absolute atomic E-state index is 12.6. The summed E-state index contributed by atoms with van der Waals surface area (Å²) in [5, 5.41) is 6.80. The Kier molecular flexibility index (Phi) is 8.22. The number of nitrogens with one attached hydrogen (secondary N) is 2. The molecule has 1 aliphatic rings. The van der Waals surface area contributed by atoms with Crippen molar-refractivity contribution in [2.75, 3.05) is 19.0 Å². The van der Waals surface area contributed by atoms with Gasteiger partial charge < -0.3 is 23.9 Å². The van der Waals surface area contributed by atoms with E-state index in [1.165, 1.54) is 36.8 Å². The van der Waals surface area contributed by atoms with E-state index in [9.17, 15) is 19.2 Å². The van der Waals surface area contributed by atoms with E-state index >= 15 is 0 Å². The molecule has 0 atom stereocenters. The molecule has 2 heterocycles. The van der Waals surface area contributed by atoms with Gasteiger partial charge in [0.1, 0.15) is 5.00 Å². The molecule has 0 saturated heterocycles. The van der Waals surface area contributed by atoms with Crippen LogP contribution in [0.1, 0.15) is 57.2 Å². The summed E-state index contributed by atoms with van der Waals surface area (Å²) in [5.41, 5.74) is 4.29. The van der Waals surface area contributed by atoms with Gasteiger partial charge in [-0.3, -0.25) is 9.59 Å². The SMILES string of the molecule is CCOC(=O)c1c(NC(=O)C(=O)NN=C(C)c2ccc(OC(=O)c3ccco3)c(OC)c2)sc2c1CCC2. The molecule has 38 heavy (non-hydrogen) atoms. The van der Waals surface area contributed by atoms with Gasteiger partial charge in [0.25, 0.3) is 0 Å². The normalized spacial score (nSPS) is 12.4. The first-order valence-electron chi connectivity index (χ1n) is 11.7. The number of fused-ring (bicyclic) bond motifs is 1. The molecule has 198 valence electrons. The van der Waals surface area contributed by atoms with Gasteiger partial charge in [0.2, 0.25) is 5.76 Å². The van der Waals surface area contributed by atoms with Crippen LogP contribution in [0.25, 0.3) is 0 Å². The molecule has 12 heteroatoms. The first-order valence-corrected chi connectivity index (χ1v) is 12.5. The van der Waals surface area contributed by atoms with Gasteiger partial charge >= 0.3 is 23.8 Å². The number of thiophene rings is 1. The Hall–Kier alpha value is -4.45. The molecule has 3 aromatic rings. The molecule has 2 N–H and O–H groups in total. The lowest BCUT2D eigenvalue weighted by molar-refractivity contribution is -0.136. The Bertz CT molecular complexity index is 1410. The predicted octanol–water partition coefficient (Wildman–Crippen LogP) is 3.71. The standard InChI is InChI=1S/C26H25N3O8S/c1-4-35-26(33)21-16-7-5-9-20(16)38-24(21)27-22(30)23(31)29-28-14(2)15-10-11-17(19(13-15)34-3)37-25(32)18-8-6-12-36-18/h6,8,10-13H,4-5,7,9H2,1-3H3,(H,27,30)(H,29,31). The number of furan rings is 1. The number of rotatable bonds is 8. The van der Waals surface area contributed by atoms with Crippen LogP contribution < -0.4 is 20.2 Å². The summed E-state index contributed by atoms with van der Waals surface area (Å²) in [6.07, 6.45) is 3.81. The number of benzene rings is 1. The second kappa shape index (κ2) is 11.7. The van der Waals surface area contributed by atoms with E-state index in [0.717, 1.165) is 29.7 Å². The summed E-state index contributed by atoms with van der Waals surface area (Å²) in [4.78, 5) is 50.6. The zero-order valence-corrected chi connectivity index (χ0v) is 21.7. The fraction of sp³-hybridized carbons (Fsp3) is 0.269. The zero-order chi connectivity index (χ0) is 27.2. The summed E-state index contributed by atoms with van der Waals surface area (Å²) >= 11 is 1.27. The average molecular weight is 540 g/mol. The van der Waals surface area contributed by atoms with E-state index in [0.29, 0.717) is 21.8 Å². The highest BCUT2D eigenvalue weighted by Gasteiger charge is 2.29. The lowest BCUT2D eigenvalue weighted by atomic mass is 10.1. The van der Waals surface area contributed by atoms with Crippen molar-refractivity contribution in [2.45, 2.75) is 33.1 Å². The monoisotopic (exact) mass is 539 g/mol. The van der Waals surface area contributed by atoms with Gasteiger partial charge in [-0.25, -0.2) is 15.0 Å². The van der Waals surface area contributed by atoms with Crippen molar-refractivity contribution in [3.8, 4) is 11.5 Å². The first kappa shape index (κ1) is 26.6. The molecule has 1 aliphatic carbocycles. The topological polar surface area (TPSA) is 146 Å². The van der Waals surface area contributed by atoms with E-state index in [1.54, 1.807) is 32.0 Å². The highest BCUT2D eigenvalue weighted by Crippen LogP contribution is 2.39. The lowest BCUT2D eigenvalue weighted by Gasteiger charge is -2.10. The number of hydrogen-bond donors (Lipinski definition) is 2. The van der Waals surface area contributed by atoms with Gasteiger partial charge in [0, 0.05) is 10.4 Å². The van der Waals surface area contributed by atoms with Crippen LogP contribution >= 0.6 is 11.3 Å². The molecule has 4 rings (SSSR count). The Morgan fingerprint density at radius 1 is 1.08 bits per heavy atom. The number of carbonyl (C=O) groups excluding carboxylic acids is 4. The number of methoxy groups -OCH3 is 1. The second-order valence-corrected chi connectivity index (χ2v) is 9.21. The van der Waals surface area contributed by atoms with Gasteiger partial charge in [-0.15, -0.1) is 11.3 Å². The fourth-order valence-electron chi connectivity index (χ4n) is 3.84. The van der Waals surface area contributed by atoms with E-state index < -0.39 is 23.8 Å². The molecule has 0 saturated carbocycles. The Labute approximate surface area is 221 Å². The number of ether oxygens (including phenoxy) is 3. The summed E-state index contributed by atoms with van der Waals surface area (Å²) in [6, 6.07) is 7.72. The van der Waals surface area contributed by atoms with Gasteiger partial charge in [-0.05, 0) is 69.0 Å². The van der Waals surface area contributed by atoms with Crippen LogP contribution in [0.5, 0.6) is 11.5 Å². The first-order chi connectivity index (χ1) is 18.3. The molecule has 0 aliphatic heterocycles. The summed E-state index contributed by atoms with van der Waals surface area (Å²) in [7, 11) is 1.41. The molecule has 0 bridgehead atoms. The number of esters is 2. The maximum atomic E-state index is 12.6. The third kappa shape index (κ3) is 5.75. The van der Waals surface area contributed by atoms with Crippen LogP contribution in [-0.2, 0) is 27.2 Å². The molecule has 2 amide bonds. The number of nitrogens with zero attached hydrogens (tertiary/aromatic N) is 1. The van der Waals surface area contributed by atoms with Crippen molar-refractivity contribution in [1.29, 1.82) is 0 Å². The summed E-state index contributed by atoms with van der Waals surface area (Å²) in [5.74, 6) is -2.74. The molecule has 2 aromatic heterocycles. The van der Waals surface area contributed by atoms with E-state index in [4.69, 9.17) is 18.6 Å². The molecular weight excluding hydrogens is 514 g/mol. The van der Waals surface area contributed by atoms with Gasteiger partial charge in [-0.1, -0.05) is 0 Å². The Morgan fingerprint density at radius 2 is 1.89 bits per heavy atom. The number of hydrogen-bond acceptors (Lipinski definition) is 10. The average Bonchev–Trinajstić information content (AvgIpc) is 3.65. The van der Waals surface area contributed by atoms with Crippen molar-refractivity contribution in [3.05, 3.63) is 63.9 Å². The minimum Gasteiger partial charge on any atom is -0.493 e. The van der Waals surface area contributed by atoms with Crippen LogP contribution in [0, 0.1) is 0 Å². The Morgan fingerprint density at radius 3 is 2.61 bits per heavy atom. The van der Waals surface area contributed by atoms with Gasteiger partial charge in [0.05, 0.1) is 31.3 Å².